The van der Waals surface area contributed by atoms with E-state index in [9.17, 15) is 18.0 Å². The molecule has 0 aromatic heterocycles. The zero-order valence-corrected chi connectivity index (χ0v) is 17.0. The van der Waals surface area contributed by atoms with Crippen molar-refractivity contribution in [3.8, 4) is 17.2 Å². The third kappa shape index (κ3) is 4.83. The Morgan fingerprint density at radius 2 is 1.82 bits per heavy atom. The number of halogens is 5. The van der Waals surface area contributed by atoms with Gasteiger partial charge in [0.25, 0.3) is 0 Å². The van der Waals surface area contributed by atoms with Crippen LogP contribution in [0.3, 0.4) is 0 Å². The Morgan fingerprint density at radius 1 is 1.18 bits per heavy atom. The van der Waals surface area contributed by atoms with Crippen molar-refractivity contribution in [3.05, 3.63) is 45.4 Å². The molecule has 0 atom stereocenters. The van der Waals surface area contributed by atoms with Crippen molar-refractivity contribution in [2.75, 3.05) is 12.4 Å². The molecule has 1 N–H and O–H groups in total. The monoisotopic (exact) mass is 435 g/mol. The van der Waals surface area contributed by atoms with E-state index in [1.54, 1.807) is 30.6 Å². The summed E-state index contributed by atoms with van der Waals surface area (Å²) in [7, 11) is 1.56. The third-order valence-corrected chi connectivity index (χ3v) is 4.71. The molecule has 0 aliphatic rings. The Bertz CT molecular complexity index is 899. The van der Waals surface area contributed by atoms with Crippen molar-refractivity contribution in [3.63, 3.8) is 0 Å². The van der Waals surface area contributed by atoms with Crippen LogP contribution in [0.4, 0.5) is 18.9 Å². The van der Waals surface area contributed by atoms with Crippen LogP contribution in [0.5, 0.6) is 17.2 Å². The van der Waals surface area contributed by atoms with Crippen molar-refractivity contribution in [2.45, 2.75) is 32.9 Å². The maximum atomic E-state index is 12.5. The lowest BCUT2D eigenvalue weighted by molar-refractivity contribution is -0.167. The second kappa shape index (κ2) is 8.49. The largest absolute Gasteiger partial charge is 0.496 e. The van der Waals surface area contributed by atoms with E-state index in [1.165, 1.54) is 6.92 Å². The first-order chi connectivity index (χ1) is 13.0. The van der Waals surface area contributed by atoms with Crippen LogP contribution in [0.1, 0.15) is 30.9 Å². The molecule has 9 heteroatoms. The van der Waals surface area contributed by atoms with Crippen molar-refractivity contribution >= 4 is 34.8 Å². The van der Waals surface area contributed by atoms with Crippen LogP contribution < -0.4 is 14.8 Å². The van der Waals surface area contributed by atoms with Gasteiger partial charge >= 0.3 is 12.1 Å². The molecule has 0 aliphatic carbocycles. The smallest absolute Gasteiger partial charge is 0.471 e. The number of carbonyl (C=O) groups is 1. The van der Waals surface area contributed by atoms with Gasteiger partial charge < -0.3 is 14.8 Å². The molecule has 0 spiro atoms. The minimum Gasteiger partial charge on any atom is -0.496 e. The molecule has 0 heterocycles. The van der Waals surface area contributed by atoms with Crippen molar-refractivity contribution in [2.24, 2.45) is 0 Å². The highest BCUT2D eigenvalue weighted by Gasteiger charge is 2.39. The summed E-state index contributed by atoms with van der Waals surface area (Å²) in [6.45, 7) is 5.43. The molecule has 0 saturated heterocycles. The van der Waals surface area contributed by atoms with Gasteiger partial charge in [0.15, 0.2) is 5.75 Å². The number of nitrogens with one attached hydrogen (secondary N) is 1. The predicted molar refractivity (Wildman–Crippen MR) is 103 cm³/mol. The fourth-order valence-electron chi connectivity index (χ4n) is 2.46. The van der Waals surface area contributed by atoms with E-state index in [2.05, 4.69) is 0 Å². The highest BCUT2D eigenvalue weighted by Crippen LogP contribution is 2.43. The standard InChI is InChI=1S/C19H18Cl2F3NO3/c1-9(2)12-7-11(5-6-15(12)27-4)28-17-13(20)8-14(10(3)16(17)21)25-18(26)19(22,23)24/h5-9H,1-4H3,(H,25,26). The summed E-state index contributed by atoms with van der Waals surface area (Å²) < 4.78 is 48.6. The van der Waals surface area contributed by atoms with E-state index in [-0.39, 0.29) is 33.0 Å². The number of amides is 1. The van der Waals surface area contributed by atoms with Crippen LogP contribution in [0.15, 0.2) is 24.3 Å². The Hall–Kier alpha value is -2.12. The highest BCUT2D eigenvalue weighted by molar-refractivity contribution is 6.38. The van der Waals surface area contributed by atoms with Gasteiger partial charge in [-0.15, -0.1) is 0 Å². The van der Waals surface area contributed by atoms with E-state index >= 15 is 0 Å². The minimum absolute atomic E-state index is 0.00751. The Morgan fingerprint density at radius 3 is 2.36 bits per heavy atom. The summed E-state index contributed by atoms with van der Waals surface area (Å²) in [6, 6.07) is 6.32. The van der Waals surface area contributed by atoms with E-state index in [0.717, 1.165) is 11.6 Å². The first kappa shape index (κ1) is 22.2. The van der Waals surface area contributed by atoms with Gasteiger partial charge in [0.05, 0.1) is 17.2 Å². The van der Waals surface area contributed by atoms with Gasteiger partial charge in [0.1, 0.15) is 11.5 Å². The van der Waals surface area contributed by atoms with Gasteiger partial charge in [-0.05, 0) is 42.7 Å². The van der Waals surface area contributed by atoms with Crippen LogP contribution in [-0.2, 0) is 4.79 Å². The van der Waals surface area contributed by atoms with Crippen molar-refractivity contribution in [1.29, 1.82) is 0 Å². The average molecular weight is 436 g/mol. The van der Waals surface area contributed by atoms with Crippen LogP contribution >= 0.6 is 23.2 Å². The molecule has 2 aromatic rings. The molecule has 0 radical (unpaired) electrons. The number of hydrogen-bond acceptors (Lipinski definition) is 3. The van der Waals surface area contributed by atoms with Crippen molar-refractivity contribution in [1.82, 2.24) is 0 Å². The fourth-order valence-corrected chi connectivity index (χ4v) is 2.99. The number of carbonyl (C=O) groups excluding carboxylic acids is 1. The normalized spacial score (nSPS) is 11.5. The van der Waals surface area contributed by atoms with Crippen LogP contribution in [-0.4, -0.2) is 19.2 Å². The number of anilines is 1. The zero-order chi connectivity index (χ0) is 21.2. The first-order valence-electron chi connectivity index (χ1n) is 8.18. The molecule has 4 nitrogen and oxygen atoms in total. The summed E-state index contributed by atoms with van der Waals surface area (Å²) in [6.07, 6.45) is -5.03. The third-order valence-electron chi connectivity index (χ3n) is 3.97. The topological polar surface area (TPSA) is 47.6 Å². The number of hydrogen-bond donors (Lipinski definition) is 1. The molecule has 0 bridgehead atoms. The number of alkyl halides is 3. The molecule has 2 rings (SSSR count). The van der Waals surface area contributed by atoms with Crippen molar-refractivity contribution < 1.29 is 27.4 Å². The van der Waals surface area contributed by atoms with E-state index in [1.807, 2.05) is 13.8 Å². The summed E-state index contributed by atoms with van der Waals surface area (Å²) in [5, 5.41) is 1.70. The summed E-state index contributed by atoms with van der Waals surface area (Å²) in [4.78, 5) is 11.2. The van der Waals surface area contributed by atoms with E-state index in [4.69, 9.17) is 32.7 Å². The van der Waals surface area contributed by atoms with Gasteiger partial charge in [-0.3, -0.25) is 4.79 Å². The Balaban J connectivity index is 2.39. The molecule has 28 heavy (non-hydrogen) atoms. The van der Waals surface area contributed by atoms with Gasteiger partial charge in [-0.1, -0.05) is 37.0 Å². The number of rotatable bonds is 5. The molecule has 0 saturated carbocycles. The number of ether oxygens (including phenoxy) is 2. The van der Waals surface area contributed by atoms with Crippen LogP contribution in [0, 0.1) is 6.92 Å². The Kier molecular flexibility index (Phi) is 6.72. The summed E-state index contributed by atoms with van der Waals surface area (Å²) in [5.41, 5.74) is 0.941. The molecule has 2 aromatic carbocycles. The lowest BCUT2D eigenvalue weighted by Crippen LogP contribution is -2.30. The lowest BCUT2D eigenvalue weighted by Gasteiger charge is -2.18. The molecule has 152 valence electrons. The van der Waals surface area contributed by atoms with Crippen LogP contribution in [0.25, 0.3) is 0 Å². The maximum absolute atomic E-state index is 12.5. The van der Waals surface area contributed by atoms with Gasteiger partial charge in [-0.2, -0.15) is 13.2 Å². The maximum Gasteiger partial charge on any atom is 0.471 e. The molecular formula is C19H18Cl2F3NO3. The second-order valence-corrected chi connectivity index (χ2v) is 7.07. The van der Waals surface area contributed by atoms with Gasteiger partial charge in [0, 0.05) is 11.3 Å². The lowest BCUT2D eigenvalue weighted by atomic mass is 10.0. The highest BCUT2D eigenvalue weighted by atomic mass is 35.5. The molecule has 0 unspecified atom stereocenters. The minimum atomic E-state index is -5.03. The molecule has 0 aliphatic heterocycles. The number of methoxy groups -OCH3 is 1. The Labute approximate surface area is 170 Å². The quantitative estimate of drug-likeness (QED) is 0.566. The number of benzene rings is 2. The average Bonchev–Trinajstić information content (AvgIpc) is 2.62. The summed E-state index contributed by atoms with van der Waals surface area (Å²) in [5.74, 6) is -0.759. The molecule has 0 fully saturated rings. The zero-order valence-electron chi connectivity index (χ0n) is 15.5. The van der Waals surface area contributed by atoms with Crippen LogP contribution in [0.2, 0.25) is 10.0 Å². The summed E-state index contributed by atoms with van der Waals surface area (Å²) >= 11 is 12.4. The SMILES string of the molecule is COc1ccc(Oc2c(Cl)cc(NC(=O)C(F)(F)F)c(C)c2Cl)cc1C(C)C. The molecule has 1 amide bonds. The second-order valence-electron chi connectivity index (χ2n) is 6.29. The van der Waals surface area contributed by atoms with Gasteiger partial charge in [-0.25, -0.2) is 0 Å². The predicted octanol–water partition coefficient (Wildman–Crippen LogP) is 6.73. The van der Waals surface area contributed by atoms with E-state index < -0.39 is 12.1 Å². The first-order valence-corrected chi connectivity index (χ1v) is 8.93. The van der Waals surface area contributed by atoms with Gasteiger partial charge in [0.2, 0.25) is 0 Å². The molecular weight excluding hydrogens is 418 g/mol. The van der Waals surface area contributed by atoms with E-state index in [0.29, 0.717) is 11.5 Å². The fraction of sp³-hybridized carbons (Fsp3) is 0.316.